The summed E-state index contributed by atoms with van der Waals surface area (Å²) in [6.45, 7) is 6.68. The van der Waals surface area contributed by atoms with Crippen molar-refractivity contribution in [1.82, 2.24) is 10.2 Å². The Morgan fingerprint density at radius 2 is 1.63 bits per heavy atom. The van der Waals surface area contributed by atoms with Gasteiger partial charge >= 0.3 is 0 Å². The molecule has 3 aromatic carbocycles. The minimum Gasteiger partial charge on any atom is -0.495 e. The van der Waals surface area contributed by atoms with Crippen LogP contribution in [0.15, 0.2) is 71.6 Å². The number of nitrogens with zero attached hydrogens (tertiary/aromatic N) is 2. The van der Waals surface area contributed by atoms with Gasteiger partial charge in [0.2, 0.25) is 11.8 Å². The number of anilines is 1. The predicted molar refractivity (Wildman–Crippen MR) is 163 cm³/mol. The van der Waals surface area contributed by atoms with Crippen molar-refractivity contribution in [1.29, 1.82) is 0 Å². The number of halogens is 2. The van der Waals surface area contributed by atoms with Crippen molar-refractivity contribution in [3.8, 4) is 5.75 Å². The molecule has 0 radical (unpaired) electrons. The molecule has 3 aromatic rings. The van der Waals surface area contributed by atoms with E-state index in [9.17, 15) is 18.0 Å². The van der Waals surface area contributed by atoms with Gasteiger partial charge in [-0.25, -0.2) is 8.42 Å². The Labute approximate surface area is 252 Å². The smallest absolute Gasteiger partial charge is 0.264 e. The van der Waals surface area contributed by atoms with Crippen LogP contribution in [0.4, 0.5) is 5.69 Å². The maximum absolute atomic E-state index is 14.1. The van der Waals surface area contributed by atoms with E-state index in [1.165, 1.54) is 36.3 Å². The van der Waals surface area contributed by atoms with Gasteiger partial charge in [-0.1, -0.05) is 60.0 Å². The summed E-state index contributed by atoms with van der Waals surface area (Å²) in [5, 5.41) is 3.64. The quantitative estimate of drug-likeness (QED) is 0.275. The van der Waals surface area contributed by atoms with Crippen LogP contribution in [0.25, 0.3) is 0 Å². The highest BCUT2D eigenvalue weighted by atomic mass is 35.5. The van der Waals surface area contributed by atoms with Crippen LogP contribution in [0, 0.1) is 6.92 Å². The van der Waals surface area contributed by atoms with Gasteiger partial charge in [0.05, 0.1) is 17.7 Å². The van der Waals surface area contributed by atoms with Crippen LogP contribution < -0.4 is 14.4 Å². The van der Waals surface area contributed by atoms with E-state index in [2.05, 4.69) is 5.32 Å². The number of aryl methyl sites for hydroxylation is 1. The van der Waals surface area contributed by atoms with Gasteiger partial charge in [-0.2, -0.15) is 0 Å². The van der Waals surface area contributed by atoms with Crippen molar-refractivity contribution < 1.29 is 22.7 Å². The summed E-state index contributed by atoms with van der Waals surface area (Å²) in [7, 11) is -2.87. The highest BCUT2D eigenvalue weighted by Gasteiger charge is 2.34. The molecule has 0 heterocycles. The molecule has 41 heavy (non-hydrogen) atoms. The predicted octanol–water partition coefficient (Wildman–Crippen LogP) is 5.84. The number of hydrogen-bond donors (Lipinski definition) is 1. The summed E-state index contributed by atoms with van der Waals surface area (Å²) < 4.78 is 34.5. The molecule has 0 saturated heterocycles. The summed E-state index contributed by atoms with van der Waals surface area (Å²) in [6.07, 6.45) is 0.706. The lowest BCUT2D eigenvalue weighted by molar-refractivity contribution is -0.139. The summed E-state index contributed by atoms with van der Waals surface area (Å²) >= 11 is 12.5. The molecule has 8 nitrogen and oxygen atoms in total. The van der Waals surface area contributed by atoms with E-state index in [1.54, 1.807) is 49.4 Å². The van der Waals surface area contributed by atoms with Crippen molar-refractivity contribution in [3.05, 3.63) is 87.9 Å². The van der Waals surface area contributed by atoms with E-state index in [0.717, 1.165) is 9.87 Å². The number of carbonyl (C=O) groups is 2. The van der Waals surface area contributed by atoms with Crippen LogP contribution in [0.2, 0.25) is 10.0 Å². The maximum Gasteiger partial charge on any atom is 0.264 e. The normalized spacial score (nSPS) is 12.8. The molecule has 2 amide bonds. The monoisotopic (exact) mass is 619 g/mol. The lowest BCUT2D eigenvalue weighted by Crippen LogP contribution is -2.52. The Bertz CT molecular complexity index is 1480. The molecule has 0 aromatic heterocycles. The van der Waals surface area contributed by atoms with Gasteiger partial charge in [0.15, 0.2) is 0 Å². The SMILES string of the molecule is CC[C@@H](C)NC(=O)[C@H](C)N(Cc1cccc(Cl)c1)C(=O)CN(c1cc(Cl)ccc1OC)S(=O)(=O)c1ccc(C)cc1. The number of carbonyl (C=O) groups excluding carboxylic acids is 2. The van der Waals surface area contributed by atoms with Crippen molar-refractivity contribution in [3.63, 3.8) is 0 Å². The second kappa shape index (κ2) is 14.1. The van der Waals surface area contributed by atoms with E-state index in [-0.39, 0.29) is 39.8 Å². The minimum atomic E-state index is -4.27. The largest absolute Gasteiger partial charge is 0.495 e. The fourth-order valence-electron chi connectivity index (χ4n) is 4.09. The van der Waals surface area contributed by atoms with Crippen LogP contribution >= 0.6 is 23.2 Å². The molecule has 11 heteroatoms. The molecule has 0 spiro atoms. The van der Waals surface area contributed by atoms with Gasteiger partial charge in [0.1, 0.15) is 18.3 Å². The van der Waals surface area contributed by atoms with E-state index < -0.39 is 28.5 Å². The second-order valence-electron chi connectivity index (χ2n) is 9.79. The van der Waals surface area contributed by atoms with Gasteiger partial charge in [-0.15, -0.1) is 0 Å². The van der Waals surface area contributed by atoms with Gasteiger partial charge in [-0.3, -0.25) is 13.9 Å². The van der Waals surface area contributed by atoms with Gasteiger partial charge < -0.3 is 15.0 Å². The number of nitrogens with one attached hydrogen (secondary N) is 1. The third-order valence-electron chi connectivity index (χ3n) is 6.71. The molecule has 2 atom stereocenters. The van der Waals surface area contributed by atoms with Crippen molar-refractivity contribution in [2.75, 3.05) is 18.0 Å². The highest BCUT2D eigenvalue weighted by molar-refractivity contribution is 7.92. The van der Waals surface area contributed by atoms with Crippen LogP contribution in [0.1, 0.15) is 38.3 Å². The third kappa shape index (κ3) is 8.15. The zero-order chi connectivity index (χ0) is 30.3. The number of rotatable bonds is 12. The molecule has 0 aliphatic heterocycles. The lowest BCUT2D eigenvalue weighted by atomic mass is 10.1. The summed E-state index contributed by atoms with van der Waals surface area (Å²) in [5.74, 6) is -0.751. The first-order valence-electron chi connectivity index (χ1n) is 13.1. The fraction of sp³-hybridized carbons (Fsp3) is 0.333. The number of methoxy groups -OCH3 is 1. The van der Waals surface area contributed by atoms with Gasteiger partial charge in [-0.05, 0) is 75.2 Å². The number of ether oxygens (including phenoxy) is 1. The first-order chi connectivity index (χ1) is 19.4. The minimum absolute atomic E-state index is 0.0121. The maximum atomic E-state index is 14.1. The molecular weight excluding hydrogens is 585 g/mol. The second-order valence-corrected chi connectivity index (χ2v) is 12.5. The van der Waals surface area contributed by atoms with E-state index in [0.29, 0.717) is 17.0 Å². The van der Waals surface area contributed by atoms with E-state index >= 15 is 0 Å². The first-order valence-corrected chi connectivity index (χ1v) is 15.3. The highest BCUT2D eigenvalue weighted by Crippen LogP contribution is 2.35. The summed E-state index contributed by atoms with van der Waals surface area (Å²) in [6, 6.07) is 16.7. The van der Waals surface area contributed by atoms with Gasteiger partial charge in [0, 0.05) is 22.6 Å². The Morgan fingerprint density at radius 3 is 2.24 bits per heavy atom. The molecule has 3 rings (SSSR count). The van der Waals surface area contributed by atoms with Crippen LogP contribution in [-0.2, 0) is 26.2 Å². The summed E-state index contributed by atoms with van der Waals surface area (Å²) in [5.41, 5.74) is 1.65. The fourth-order valence-corrected chi connectivity index (χ4v) is 5.88. The van der Waals surface area contributed by atoms with Crippen molar-refractivity contribution in [2.45, 2.75) is 57.6 Å². The van der Waals surface area contributed by atoms with Crippen molar-refractivity contribution in [2.24, 2.45) is 0 Å². The number of sulfonamides is 1. The van der Waals surface area contributed by atoms with Crippen LogP contribution in [-0.4, -0.2) is 50.9 Å². The zero-order valence-corrected chi connectivity index (χ0v) is 26.1. The molecule has 0 bridgehead atoms. The first kappa shape index (κ1) is 32.2. The van der Waals surface area contributed by atoms with E-state index in [1.807, 2.05) is 20.8 Å². The van der Waals surface area contributed by atoms with Gasteiger partial charge in [0.25, 0.3) is 10.0 Å². The third-order valence-corrected chi connectivity index (χ3v) is 8.95. The number of amides is 2. The topological polar surface area (TPSA) is 96.0 Å². The average Bonchev–Trinajstić information content (AvgIpc) is 2.94. The van der Waals surface area contributed by atoms with Crippen molar-refractivity contribution >= 4 is 50.7 Å². The van der Waals surface area contributed by atoms with E-state index in [4.69, 9.17) is 27.9 Å². The molecular formula is C30H35Cl2N3O5S. The molecule has 220 valence electrons. The Morgan fingerprint density at radius 1 is 0.976 bits per heavy atom. The summed E-state index contributed by atoms with van der Waals surface area (Å²) in [4.78, 5) is 28.6. The average molecular weight is 621 g/mol. The molecule has 0 unspecified atom stereocenters. The Balaban J connectivity index is 2.10. The molecule has 0 saturated carbocycles. The molecule has 0 aliphatic carbocycles. The number of benzene rings is 3. The number of hydrogen-bond acceptors (Lipinski definition) is 5. The zero-order valence-electron chi connectivity index (χ0n) is 23.7. The Hall–Kier alpha value is -3.27. The Kier molecular flexibility index (Phi) is 11.1. The molecule has 0 fully saturated rings. The standard InChI is InChI=1S/C30H35Cl2N3O5S/c1-6-21(3)33-30(37)22(4)34(18-23-8-7-9-24(31)16-23)29(36)19-35(27-17-25(32)12-15-28(27)40-5)41(38,39)26-13-10-20(2)11-14-26/h7-17,21-22H,6,18-19H2,1-5H3,(H,33,37)/t21-,22+/m1/s1. The molecule has 0 aliphatic rings. The lowest BCUT2D eigenvalue weighted by Gasteiger charge is -2.33. The van der Waals surface area contributed by atoms with Crippen LogP contribution in [0.3, 0.4) is 0 Å². The molecule has 1 N–H and O–H groups in total. The van der Waals surface area contributed by atoms with Crippen LogP contribution in [0.5, 0.6) is 5.75 Å².